The molecule has 0 saturated carbocycles. The molecule has 1 aliphatic rings. The number of Topliss-reactive ketones (excluding diaryl/α,β-unsaturated/α-hetero) is 1. The molecule has 6 nitrogen and oxygen atoms in total. The van der Waals surface area contributed by atoms with Crippen molar-refractivity contribution < 1.29 is 14.0 Å². The zero-order chi connectivity index (χ0) is 20.4. The molecule has 1 aliphatic heterocycles. The maximum Gasteiger partial charge on any atom is 0.277 e. The molecule has 0 radical (unpaired) electrons. The number of hydrogen-bond donors (Lipinski definition) is 0. The maximum absolute atomic E-state index is 12.6. The van der Waals surface area contributed by atoms with Gasteiger partial charge in [0.1, 0.15) is 0 Å². The molecule has 1 aromatic heterocycles. The van der Waals surface area contributed by atoms with E-state index in [9.17, 15) is 9.59 Å². The van der Waals surface area contributed by atoms with Crippen molar-refractivity contribution in [3.8, 4) is 11.5 Å². The van der Waals surface area contributed by atoms with E-state index < -0.39 is 0 Å². The molecule has 2 heterocycles. The summed E-state index contributed by atoms with van der Waals surface area (Å²) >= 11 is 1.22. The van der Waals surface area contributed by atoms with Gasteiger partial charge in [0.25, 0.3) is 5.22 Å². The van der Waals surface area contributed by atoms with E-state index in [1.807, 2.05) is 38.1 Å². The lowest BCUT2D eigenvalue weighted by atomic mass is 10.1. The second kappa shape index (κ2) is 8.21. The minimum atomic E-state index is -0.0466. The summed E-state index contributed by atoms with van der Waals surface area (Å²) in [4.78, 5) is 26.3. The first-order chi connectivity index (χ1) is 14.0. The van der Waals surface area contributed by atoms with Crippen LogP contribution >= 0.6 is 11.8 Å². The van der Waals surface area contributed by atoms with E-state index in [1.54, 1.807) is 17.0 Å². The Morgan fingerprint density at radius 1 is 1.14 bits per heavy atom. The third kappa shape index (κ3) is 4.40. The van der Waals surface area contributed by atoms with Crippen LogP contribution in [0.3, 0.4) is 0 Å². The Bertz CT molecular complexity index is 1060. The first-order valence-electron chi connectivity index (χ1n) is 9.48. The molecular formula is C22H21N3O3S. The maximum atomic E-state index is 12.6. The Hall–Kier alpha value is -2.93. The highest BCUT2D eigenvalue weighted by atomic mass is 32.2. The molecule has 1 amide bonds. The van der Waals surface area contributed by atoms with Gasteiger partial charge in [-0.05, 0) is 44.5 Å². The topological polar surface area (TPSA) is 76.3 Å². The lowest BCUT2D eigenvalue weighted by molar-refractivity contribution is -0.117. The van der Waals surface area contributed by atoms with Crippen LogP contribution in [0.1, 0.15) is 34.3 Å². The summed E-state index contributed by atoms with van der Waals surface area (Å²) in [6.07, 6.45) is 1.42. The van der Waals surface area contributed by atoms with E-state index >= 15 is 0 Å². The average Bonchev–Trinajstić information content (AvgIpc) is 3.34. The third-order valence-electron chi connectivity index (χ3n) is 4.76. The molecule has 148 valence electrons. The minimum absolute atomic E-state index is 0.0466. The Kier molecular flexibility index (Phi) is 5.49. The van der Waals surface area contributed by atoms with Crippen molar-refractivity contribution in [1.29, 1.82) is 0 Å². The van der Waals surface area contributed by atoms with Crippen LogP contribution in [-0.2, 0) is 4.79 Å². The van der Waals surface area contributed by atoms with E-state index in [0.29, 0.717) is 29.6 Å². The van der Waals surface area contributed by atoms with Gasteiger partial charge in [0.2, 0.25) is 11.8 Å². The lowest BCUT2D eigenvalue weighted by Crippen LogP contribution is -2.23. The van der Waals surface area contributed by atoms with Gasteiger partial charge in [-0.2, -0.15) is 0 Å². The number of amides is 1. The fraction of sp³-hybridized carbons (Fsp3) is 0.273. The van der Waals surface area contributed by atoms with Crippen LogP contribution in [0.25, 0.3) is 11.5 Å². The van der Waals surface area contributed by atoms with Crippen molar-refractivity contribution >= 4 is 29.1 Å². The number of thioether (sulfide) groups is 1. The quantitative estimate of drug-likeness (QED) is 0.444. The molecule has 3 aromatic rings. The smallest absolute Gasteiger partial charge is 0.277 e. The van der Waals surface area contributed by atoms with Crippen molar-refractivity contribution in [3.63, 3.8) is 0 Å². The molecule has 7 heteroatoms. The van der Waals surface area contributed by atoms with Crippen molar-refractivity contribution in [2.75, 3.05) is 17.2 Å². The van der Waals surface area contributed by atoms with Gasteiger partial charge in [0.05, 0.1) is 5.75 Å². The fourth-order valence-corrected chi connectivity index (χ4v) is 4.12. The highest BCUT2D eigenvalue weighted by Gasteiger charge is 2.22. The number of aromatic nitrogens is 2. The molecule has 0 unspecified atom stereocenters. The second-order valence-electron chi connectivity index (χ2n) is 7.16. The van der Waals surface area contributed by atoms with E-state index in [0.717, 1.165) is 28.8 Å². The number of aryl methyl sites for hydroxylation is 2. The number of carbonyl (C=O) groups is 2. The normalized spacial score (nSPS) is 13.9. The Morgan fingerprint density at radius 2 is 1.93 bits per heavy atom. The predicted octanol–water partition coefficient (Wildman–Crippen LogP) is 4.46. The van der Waals surface area contributed by atoms with Crippen LogP contribution in [0.5, 0.6) is 0 Å². The van der Waals surface area contributed by atoms with E-state index in [-0.39, 0.29) is 17.4 Å². The Balaban J connectivity index is 1.43. The molecule has 0 atom stereocenters. The van der Waals surface area contributed by atoms with Crippen LogP contribution in [0.2, 0.25) is 0 Å². The molecule has 0 spiro atoms. The molecule has 0 N–H and O–H groups in total. The summed E-state index contributed by atoms with van der Waals surface area (Å²) < 4.78 is 5.72. The van der Waals surface area contributed by atoms with Gasteiger partial charge < -0.3 is 9.32 Å². The number of hydrogen-bond acceptors (Lipinski definition) is 6. The van der Waals surface area contributed by atoms with Crippen LogP contribution in [0, 0.1) is 13.8 Å². The van der Waals surface area contributed by atoms with Crippen LogP contribution in [-0.4, -0.2) is 34.2 Å². The van der Waals surface area contributed by atoms with Gasteiger partial charge in [-0.25, -0.2) is 0 Å². The van der Waals surface area contributed by atoms with Gasteiger partial charge in [0.15, 0.2) is 5.78 Å². The van der Waals surface area contributed by atoms with E-state index in [4.69, 9.17) is 4.42 Å². The van der Waals surface area contributed by atoms with E-state index in [1.165, 1.54) is 11.8 Å². The molecule has 0 aliphatic carbocycles. The van der Waals surface area contributed by atoms with Crippen LogP contribution in [0.4, 0.5) is 5.69 Å². The number of nitrogens with zero attached hydrogens (tertiary/aromatic N) is 3. The Morgan fingerprint density at radius 3 is 2.66 bits per heavy atom. The first kappa shape index (κ1) is 19.4. The summed E-state index contributed by atoms with van der Waals surface area (Å²) in [7, 11) is 0. The van der Waals surface area contributed by atoms with Gasteiger partial charge in [-0.3, -0.25) is 9.59 Å². The van der Waals surface area contributed by atoms with Gasteiger partial charge in [-0.15, -0.1) is 10.2 Å². The average molecular weight is 407 g/mol. The van der Waals surface area contributed by atoms with Crippen molar-refractivity contribution in [2.24, 2.45) is 0 Å². The minimum Gasteiger partial charge on any atom is -0.411 e. The van der Waals surface area contributed by atoms with E-state index in [2.05, 4.69) is 16.3 Å². The molecule has 29 heavy (non-hydrogen) atoms. The summed E-state index contributed by atoms with van der Waals surface area (Å²) in [6, 6.07) is 13.3. The van der Waals surface area contributed by atoms with Crippen molar-refractivity contribution in [1.82, 2.24) is 10.2 Å². The highest BCUT2D eigenvalue weighted by Crippen LogP contribution is 2.26. The molecule has 4 rings (SSSR count). The number of ketones is 1. The Labute approximate surface area is 173 Å². The van der Waals surface area contributed by atoms with Gasteiger partial charge in [-0.1, -0.05) is 41.1 Å². The number of carbonyl (C=O) groups excluding carboxylic acids is 2. The first-order valence-corrected chi connectivity index (χ1v) is 10.5. The number of anilines is 1. The molecule has 1 fully saturated rings. The standard InChI is InChI=1S/C22H21N3O3S/c1-14-9-15(2)11-17(10-14)21-23-24-22(28-21)29-13-19(26)16-5-3-6-18(12-16)25-8-4-7-20(25)27/h3,5-6,9-12H,4,7-8,13H2,1-2H3. The predicted molar refractivity (Wildman–Crippen MR) is 112 cm³/mol. The van der Waals surface area contributed by atoms with Crippen molar-refractivity contribution in [3.05, 3.63) is 59.2 Å². The SMILES string of the molecule is Cc1cc(C)cc(-c2nnc(SCC(=O)c3cccc(N4CCCC4=O)c3)o2)c1. The summed E-state index contributed by atoms with van der Waals surface area (Å²) in [5, 5.41) is 8.51. The summed E-state index contributed by atoms with van der Waals surface area (Å²) in [5.74, 6) is 0.691. The van der Waals surface area contributed by atoms with Gasteiger partial charge >= 0.3 is 0 Å². The van der Waals surface area contributed by atoms with Crippen LogP contribution in [0.15, 0.2) is 52.1 Å². The highest BCUT2D eigenvalue weighted by molar-refractivity contribution is 7.99. The lowest BCUT2D eigenvalue weighted by Gasteiger charge is -2.16. The molecular weight excluding hydrogens is 386 g/mol. The summed E-state index contributed by atoms with van der Waals surface area (Å²) in [5.41, 5.74) is 4.47. The van der Waals surface area contributed by atoms with Crippen molar-refractivity contribution in [2.45, 2.75) is 31.9 Å². The summed E-state index contributed by atoms with van der Waals surface area (Å²) in [6.45, 7) is 4.74. The zero-order valence-corrected chi connectivity index (χ0v) is 17.2. The zero-order valence-electron chi connectivity index (χ0n) is 16.3. The monoisotopic (exact) mass is 407 g/mol. The van der Waals surface area contributed by atoms with Gasteiger partial charge in [0, 0.05) is 29.8 Å². The molecule has 0 bridgehead atoms. The van der Waals surface area contributed by atoms with Crippen LogP contribution < -0.4 is 4.90 Å². The number of rotatable bonds is 6. The second-order valence-corrected chi connectivity index (χ2v) is 8.09. The fourth-order valence-electron chi connectivity index (χ4n) is 3.46. The molecule has 2 aromatic carbocycles. The third-order valence-corrected chi connectivity index (χ3v) is 5.57. The number of benzene rings is 2. The molecule has 1 saturated heterocycles. The largest absolute Gasteiger partial charge is 0.411 e.